The molecule has 1 amide bonds. The summed E-state index contributed by atoms with van der Waals surface area (Å²) in [6.07, 6.45) is 2.95. The van der Waals surface area contributed by atoms with Gasteiger partial charge in [-0.05, 0) is 31.5 Å². The summed E-state index contributed by atoms with van der Waals surface area (Å²) in [5.41, 5.74) is 0.484. The van der Waals surface area contributed by atoms with E-state index in [0.29, 0.717) is 34.8 Å². The number of nitrogens with zero attached hydrogens (tertiary/aromatic N) is 1. The summed E-state index contributed by atoms with van der Waals surface area (Å²) in [4.78, 5) is 14.3. The van der Waals surface area contributed by atoms with Crippen molar-refractivity contribution in [3.63, 3.8) is 0 Å². The van der Waals surface area contributed by atoms with Crippen molar-refractivity contribution in [3.8, 4) is 0 Å². The number of rotatable bonds is 7. The van der Waals surface area contributed by atoms with Crippen molar-refractivity contribution < 1.29 is 9.53 Å². The Hall–Kier alpha value is -0.810. The van der Waals surface area contributed by atoms with Gasteiger partial charge in [-0.1, -0.05) is 36.2 Å². The molecule has 0 radical (unpaired) electrons. The van der Waals surface area contributed by atoms with Crippen LogP contribution in [-0.2, 0) is 9.53 Å². The monoisotopic (exact) mass is 344 g/mol. The Morgan fingerprint density at radius 2 is 2.14 bits per heavy atom. The third-order valence-electron chi connectivity index (χ3n) is 3.82. The highest BCUT2D eigenvalue weighted by Crippen LogP contribution is 2.29. The van der Waals surface area contributed by atoms with Gasteiger partial charge in [-0.15, -0.1) is 0 Å². The SMILES string of the molecule is CCN(CCC(=O)Nc1c(Cl)cccc1Cl)C[C@@H]1CCCO1. The summed E-state index contributed by atoms with van der Waals surface area (Å²) in [6.45, 7) is 5.44. The molecule has 0 aromatic heterocycles. The Labute approximate surface area is 141 Å². The number of benzene rings is 1. The molecule has 1 N–H and O–H groups in total. The minimum Gasteiger partial charge on any atom is -0.377 e. The fraction of sp³-hybridized carbons (Fsp3) is 0.562. The van der Waals surface area contributed by atoms with Gasteiger partial charge in [0.05, 0.1) is 21.8 Å². The van der Waals surface area contributed by atoms with E-state index in [1.165, 1.54) is 0 Å². The number of nitrogens with one attached hydrogen (secondary N) is 1. The van der Waals surface area contributed by atoms with E-state index in [4.69, 9.17) is 27.9 Å². The lowest BCUT2D eigenvalue weighted by Gasteiger charge is -2.23. The van der Waals surface area contributed by atoms with E-state index in [-0.39, 0.29) is 5.91 Å². The van der Waals surface area contributed by atoms with Gasteiger partial charge in [-0.25, -0.2) is 0 Å². The predicted molar refractivity (Wildman–Crippen MR) is 90.8 cm³/mol. The van der Waals surface area contributed by atoms with Crippen LogP contribution in [0.2, 0.25) is 10.0 Å². The van der Waals surface area contributed by atoms with E-state index in [1.54, 1.807) is 18.2 Å². The maximum absolute atomic E-state index is 12.1. The molecule has 4 nitrogen and oxygen atoms in total. The second kappa shape index (κ2) is 8.73. The summed E-state index contributed by atoms with van der Waals surface area (Å²) in [7, 11) is 0. The van der Waals surface area contributed by atoms with E-state index in [9.17, 15) is 4.79 Å². The van der Waals surface area contributed by atoms with Gasteiger partial charge in [0.25, 0.3) is 0 Å². The van der Waals surface area contributed by atoms with E-state index in [2.05, 4.69) is 17.1 Å². The van der Waals surface area contributed by atoms with Gasteiger partial charge in [0.15, 0.2) is 0 Å². The molecule has 1 fully saturated rings. The van der Waals surface area contributed by atoms with Crippen LogP contribution < -0.4 is 5.32 Å². The van der Waals surface area contributed by atoms with Crippen molar-refractivity contribution in [1.82, 2.24) is 4.90 Å². The van der Waals surface area contributed by atoms with Gasteiger partial charge in [0, 0.05) is 26.1 Å². The zero-order chi connectivity index (χ0) is 15.9. The first-order chi connectivity index (χ1) is 10.6. The maximum Gasteiger partial charge on any atom is 0.225 e. The van der Waals surface area contributed by atoms with Crippen LogP contribution in [0.25, 0.3) is 0 Å². The minimum absolute atomic E-state index is 0.0826. The predicted octanol–water partition coefficient (Wildman–Crippen LogP) is 3.82. The molecule has 1 aliphatic heterocycles. The molecule has 22 heavy (non-hydrogen) atoms. The number of anilines is 1. The first-order valence-corrected chi connectivity index (χ1v) is 8.43. The van der Waals surface area contributed by atoms with Crippen LogP contribution in [0.5, 0.6) is 0 Å². The molecule has 1 saturated heterocycles. The molecule has 1 aromatic carbocycles. The number of carbonyl (C=O) groups is 1. The Morgan fingerprint density at radius 1 is 1.41 bits per heavy atom. The second-order valence-electron chi connectivity index (χ2n) is 5.42. The lowest BCUT2D eigenvalue weighted by molar-refractivity contribution is -0.116. The van der Waals surface area contributed by atoms with Gasteiger partial charge in [-0.3, -0.25) is 4.79 Å². The Balaban J connectivity index is 1.80. The minimum atomic E-state index is -0.0826. The molecule has 0 saturated carbocycles. The number of likely N-dealkylation sites (N-methyl/N-ethyl adjacent to an activating group) is 1. The van der Waals surface area contributed by atoms with Crippen molar-refractivity contribution in [2.24, 2.45) is 0 Å². The van der Waals surface area contributed by atoms with Crippen LogP contribution >= 0.6 is 23.2 Å². The maximum atomic E-state index is 12.1. The highest BCUT2D eigenvalue weighted by Gasteiger charge is 2.19. The number of ether oxygens (including phenoxy) is 1. The van der Waals surface area contributed by atoms with E-state index < -0.39 is 0 Å². The molecule has 6 heteroatoms. The van der Waals surface area contributed by atoms with Crippen molar-refractivity contribution in [2.75, 3.05) is 31.6 Å². The Bertz CT molecular complexity index is 485. The van der Waals surface area contributed by atoms with E-state index >= 15 is 0 Å². The fourth-order valence-corrected chi connectivity index (χ4v) is 3.03. The van der Waals surface area contributed by atoms with Crippen LogP contribution in [0.15, 0.2) is 18.2 Å². The van der Waals surface area contributed by atoms with Gasteiger partial charge < -0.3 is 15.0 Å². The van der Waals surface area contributed by atoms with Crippen LogP contribution in [0, 0.1) is 0 Å². The molecule has 0 bridgehead atoms. The Morgan fingerprint density at radius 3 is 2.73 bits per heavy atom. The largest absolute Gasteiger partial charge is 0.377 e. The summed E-state index contributed by atoms with van der Waals surface area (Å²) < 4.78 is 5.64. The number of carbonyl (C=O) groups excluding carboxylic acids is 1. The average molecular weight is 345 g/mol. The fourth-order valence-electron chi connectivity index (χ4n) is 2.53. The van der Waals surface area contributed by atoms with Crippen LogP contribution in [-0.4, -0.2) is 43.2 Å². The number of amides is 1. The third kappa shape index (κ3) is 5.13. The molecule has 0 spiro atoms. The highest BCUT2D eigenvalue weighted by atomic mass is 35.5. The first-order valence-electron chi connectivity index (χ1n) is 7.68. The zero-order valence-electron chi connectivity index (χ0n) is 12.8. The summed E-state index contributed by atoms with van der Waals surface area (Å²) in [5, 5.41) is 3.69. The number of hydrogen-bond acceptors (Lipinski definition) is 3. The standard InChI is InChI=1S/C16H22Cl2N2O2/c1-2-20(11-12-5-4-10-22-12)9-8-15(21)19-16-13(17)6-3-7-14(16)18/h3,6-7,12H,2,4-5,8-11H2,1H3,(H,19,21)/t12-/m0/s1. The molecule has 2 rings (SSSR count). The number of para-hydroxylation sites is 1. The van der Waals surface area contributed by atoms with E-state index in [1.807, 2.05) is 0 Å². The first kappa shape index (κ1) is 17.5. The number of halogens is 2. The molecule has 1 aromatic rings. The molecule has 0 unspecified atom stereocenters. The second-order valence-corrected chi connectivity index (χ2v) is 6.24. The molecular formula is C16H22Cl2N2O2. The molecule has 1 aliphatic rings. The summed E-state index contributed by atoms with van der Waals surface area (Å²) >= 11 is 12.1. The molecule has 1 heterocycles. The van der Waals surface area contributed by atoms with Crippen molar-refractivity contribution >= 4 is 34.8 Å². The normalized spacial score (nSPS) is 17.9. The molecule has 122 valence electrons. The molecule has 1 atom stereocenters. The van der Waals surface area contributed by atoms with E-state index in [0.717, 1.165) is 32.5 Å². The number of hydrogen-bond donors (Lipinski definition) is 1. The highest BCUT2D eigenvalue weighted by molar-refractivity contribution is 6.39. The van der Waals surface area contributed by atoms with Crippen molar-refractivity contribution in [2.45, 2.75) is 32.3 Å². The Kier molecular flexibility index (Phi) is 6.96. The lowest BCUT2D eigenvalue weighted by Crippen LogP contribution is -2.34. The van der Waals surface area contributed by atoms with Gasteiger partial charge in [0.1, 0.15) is 0 Å². The van der Waals surface area contributed by atoms with Gasteiger partial charge in [-0.2, -0.15) is 0 Å². The molecule has 0 aliphatic carbocycles. The lowest BCUT2D eigenvalue weighted by atomic mass is 10.2. The summed E-state index contributed by atoms with van der Waals surface area (Å²) in [6, 6.07) is 5.17. The van der Waals surface area contributed by atoms with Crippen LogP contribution in [0.1, 0.15) is 26.2 Å². The third-order valence-corrected chi connectivity index (χ3v) is 4.45. The van der Waals surface area contributed by atoms with Crippen molar-refractivity contribution in [3.05, 3.63) is 28.2 Å². The van der Waals surface area contributed by atoms with Crippen LogP contribution in [0.3, 0.4) is 0 Å². The average Bonchev–Trinajstić information content (AvgIpc) is 3.00. The zero-order valence-corrected chi connectivity index (χ0v) is 14.3. The van der Waals surface area contributed by atoms with Crippen LogP contribution in [0.4, 0.5) is 5.69 Å². The smallest absolute Gasteiger partial charge is 0.225 e. The topological polar surface area (TPSA) is 41.6 Å². The van der Waals surface area contributed by atoms with Crippen molar-refractivity contribution in [1.29, 1.82) is 0 Å². The van der Waals surface area contributed by atoms with Gasteiger partial charge in [0.2, 0.25) is 5.91 Å². The van der Waals surface area contributed by atoms with Gasteiger partial charge >= 0.3 is 0 Å². The summed E-state index contributed by atoms with van der Waals surface area (Å²) in [5.74, 6) is -0.0826. The molecular weight excluding hydrogens is 323 g/mol. The quantitative estimate of drug-likeness (QED) is 0.817.